The quantitative estimate of drug-likeness (QED) is 0.643. The third-order valence-electron chi connectivity index (χ3n) is 3.69. The van der Waals surface area contributed by atoms with Gasteiger partial charge in [-0.05, 0) is 43.5 Å². The lowest BCUT2D eigenvalue weighted by atomic mass is 9.92. The zero-order chi connectivity index (χ0) is 13.8. The maximum Gasteiger partial charge on any atom is 0.122 e. The highest BCUT2D eigenvalue weighted by molar-refractivity contribution is 9.10. The molecule has 1 aliphatic heterocycles. The summed E-state index contributed by atoms with van der Waals surface area (Å²) in [6.07, 6.45) is 2.20. The second-order valence-electron chi connectivity index (χ2n) is 5.07. The van der Waals surface area contributed by atoms with Crippen LogP contribution in [0.25, 0.3) is 0 Å². The highest BCUT2D eigenvalue weighted by Crippen LogP contribution is 2.28. The van der Waals surface area contributed by atoms with Crippen molar-refractivity contribution in [1.82, 2.24) is 5.43 Å². The van der Waals surface area contributed by atoms with E-state index in [-0.39, 0.29) is 6.04 Å². The molecule has 106 valence electrons. The maximum atomic E-state index is 5.72. The zero-order valence-corrected chi connectivity index (χ0v) is 12.9. The number of ether oxygens (including phenoxy) is 2. The summed E-state index contributed by atoms with van der Waals surface area (Å²) in [5, 5.41) is 0. The normalized spacial score (nSPS) is 24.4. The lowest BCUT2D eigenvalue weighted by Gasteiger charge is -2.22. The molecule has 4 nitrogen and oxygen atoms in total. The molecular weight excluding hydrogens is 308 g/mol. The second kappa shape index (κ2) is 6.70. The van der Waals surface area contributed by atoms with Gasteiger partial charge >= 0.3 is 0 Å². The van der Waals surface area contributed by atoms with Crippen LogP contribution in [-0.4, -0.2) is 25.9 Å². The standard InChI is InChI=1S/C14H21BrN2O2/c1-9-5-11(8-19-9)13(17-16)7-10-6-12(15)3-4-14(10)18-2/h3-4,6,9,11,13,17H,5,7-8,16H2,1-2H3. The first-order valence-corrected chi connectivity index (χ1v) is 7.33. The predicted octanol–water partition coefficient (Wildman–Crippen LogP) is 2.26. The molecule has 1 aliphatic rings. The summed E-state index contributed by atoms with van der Waals surface area (Å²) in [5.41, 5.74) is 4.09. The van der Waals surface area contributed by atoms with Crippen molar-refractivity contribution < 1.29 is 9.47 Å². The number of hydrogen-bond donors (Lipinski definition) is 2. The van der Waals surface area contributed by atoms with Crippen LogP contribution >= 0.6 is 15.9 Å². The average Bonchev–Trinajstić information content (AvgIpc) is 2.82. The van der Waals surface area contributed by atoms with Crippen molar-refractivity contribution in [3.8, 4) is 5.75 Å². The Morgan fingerprint density at radius 3 is 2.95 bits per heavy atom. The SMILES string of the molecule is COc1ccc(Br)cc1CC(NN)C1COC(C)C1. The molecule has 0 radical (unpaired) electrons. The molecule has 5 heteroatoms. The van der Waals surface area contributed by atoms with Crippen LogP contribution in [0.1, 0.15) is 18.9 Å². The van der Waals surface area contributed by atoms with E-state index in [9.17, 15) is 0 Å². The minimum absolute atomic E-state index is 0.202. The largest absolute Gasteiger partial charge is 0.496 e. The van der Waals surface area contributed by atoms with E-state index in [1.54, 1.807) is 7.11 Å². The van der Waals surface area contributed by atoms with Gasteiger partial charge in [-0.25, -0.2) is 0 Å². The summed E-state index contributed by atoms with van der Waals surface area (Å²) >= 11 is 3.50. The first-order valence-electron chi connectivity index (χ1n) is 6.54. The first-order chi connectivity index (χ1) is 9.13. The number of nitrogens with one attached hydrogen (secondary N) is 1. The van der Waals surface area contributed by atoms with E-state index in [1.807, 2.05) is 12.1 Å². The number of rotatable bonds is 5. The molecule has 0 spiro atoms. The number of halogens is 1. The van der Waals surface area contributed by atoms with Crippen molar-refractivity contribution in [2.24, 2.45) is 11.8 Å². The third kappa shape index (κ3) is 3.69. The van der Waals surface area contributed by atoms with Gasteiger partial charge in [0.25, 0.3) is 0 Å². The van der Waals surface area contributed by atoms with E-state index in [1.165, 1.54) is 0 Å². The van der Waals surface area contributed by atoms with E-state index in [2.05, 4.69) is 34.3 Å². The van der Waals surface area contributed by atoms with Gasteiger partial charge in [-0.2, -0.15) is 0 Å². The lowest BCUT2D eigenvalue weighted by Crippen LogP contribution is -2.42. The number of methoxy groups -OCH3 is 1. The fraction of sp³-hybridized carbons (Fsp3) is 0.571. The Kier molecular flexibility index (Phi) is 5.21. The van der Waals surface area contributed by atoms with Crippen molar-refractivity contribution in [3.05, 3.63) is 28.2 Å². The van der Waals surface area contributed by atoms with E-state index in [0.29, 0.717) is 12.0 Å². The summed E-state index contributed by atoms with van der Waals surface area (Å²) in [6.45, 7) is 2.87. The van der Waals surface area contributed by atoms with Gasteiger partial charge in [0.1, 0.15) is 5.75 Å². The fourth-order valence-corrected chi connectivity index (χ4v) is 3.04. The molecule has 0 bridgehead atoms. The first kappa shape index (κ1) is 14.8. The van der Waals surface area contributed by atoms with E-state index in [0.717, 1.165) is 35.2 Å². The van der Waals surface area contributed by atoms with E-state index < -0.39 is 0 Å². The van der Waals surface area contributed by atoms with Crippen LogP contribution in [0.5, 0.6) is 5.75 Å². The van der Waals surface area contributed by atoms with Gasteiger partial charge in [-0.15, -0.1) is 0 Å². The molecular formula is C14H21BrN2O2. The smallest absolute Gasteiger partial charge is 0.122 e. The molecule has 0 aromatic heterocycles. The monoisotopic (exact) mass is 328 g/mol. The van der Waals surface area contributed by atoms with Crippen molar-refractivity contribution >= 4 is 15.9 Å². The highest BCUT2D eigenvalue weighted by Gasteiger charge is 2.29. The molecule has 1 aromatic carbocycles. The molecule has 19 heavy (non-hydrogen) atoms. The average molecular weight is 329 g/mol. The Labute approximate surface area is 122 Å². The van der Waals surface area contributed by atoms with Crippen molar-refractivity contribution in [3.63, 3.8) is 0 Å². The van der Waals surface area contributed by atoms with Crippen LogP contribution in [0, 0.1) is 5.92 Å². The van der Waals surface area contributed by atoms with Gasteiger partial charge in [0, 0.05) is 16.4 Å². The van der Waals surface area contributed by atoms with Gasteiger partial charge in [0.2, 0.25) is 0 Å². The van der Waals surface area contributed by atoms with Crippen LogP contribution in [-0.2, 0) is 11.2 Å². The molecule has 0 aliphatic carbocycles. The number of hydrazine groups is 1. The second-order valence-corrected chi connectivity index (χ2v) is 5.99. The van der Waals surface area contributed by atoms with Crippen molar-refractivity contribution in [2.75, 3.05) is 13.7 Å². The summed E-state index contributed by atoms with van der Waals surface area (Å²) < 4.78 is 12.1. The van der Waals surface area contributed by atoms with Gasteiger partial charge in [-0.3, -0.25) is 11.3 Å². The maximum absolute atomic E-state index is 5.72. The Morgan fingerprint density at radius 2 is 2.37 bits per heavy atom. The molecule has 3 unspecified atom stereocenters. The summed E-state index contributed by atoms with van der Waals surface area (Å²) in [6, 6.07) is 6.24. The minimum atomic E-state index is 0.202. The van der Waals surface area contributed by atoms with Gasteiger partial charge in [0.15, 0.2) is 0 Å². The minimum Gasteiger partial charge on any atom is -0.496 e. The summed E-state index contributed by atoms with van der Waals surface area (Å²) in [4.78, 5) is 0. The molecule has 0 saturated carbocycles. The molecule has 1 aromatic rings. The van der Waals surface area contributed by atoms with E-state index in [4.69, 9.17) is 15.3 Å². The van der Waals surface area contributed by atoms with Crippen LogP contribution in [0.3, 0.4) is 0 Å². The Balaban J connectivity index is 2.11. The number of hydrogen-bond acceptors (Lipinski definition) is 4. The number of nitrogens with two attached hydrogens (primary N) is 1. The molecule has 1 saturated heterocycles. The van der Waals surface area contributed by atoms with Crippen LogP contribution in [0.4, 0.5) is 0 Å². The van der Waals surface area contributed by atoms with Crippen molar-refractivity contribution in [2.45, 2.75) is 31.9 Å². The molecule has 3 atom stereocenters. The fourth-order valence-electron chi connectivity index (χ4n) is 2.64. The predicted molar refractivity (Wildman–Crippen MR) is 79.0 cm³/mol. The molecule has 3 N–H and O–H groups in total. The number of benzene rings is 1. The zero-order valence-electron chi connectivity index (χ0n) is 11.4. The van der Waals surface area contributed by atoms with Crippen LogP contribution in [0.2, 0.25) is 0 Å². The van der Waals surface area contributed by atoms with Gasteiger partial charge in [0.05, 0.1) is 19.8 Å². The molecule has 1 heterocycles. The van der Waals surface area contributed by atoms with E-state index >= 15 is 0 Å². The summed E-state index contributed by atoms with van der Waals surface area (Å²) in [5.74, 6) is 7.06. The summed E-state index contributed by atoms with van der Waals surface area (Å²) in [7, 11) is 1.69. The lowest BCUT2D eigenvalue weighted by molar-refractivity contribution is 0.117. The van der Waals surface area contributed by atoms with Gasteiger partial charge in [-0.1, -0.05) is 15.9 Å². The Morgan fingerprint density at radius 1 is 1.58 bits per heavy atom. The third-order valence-corrected chi connectivity index (χ3v) is 4.19. The molecule has 2 rings (SSSR count). The Bertz CT molecular complexity index is 428. The topological polar surface area (TPSA) is 56.5 Å². The molecule has 1 fully saturated rings. The Hall–Kier alpha value is -0.620. The molecule has 0 amide bonds. The van der Waals surface area contributed by atoms with Crippen molar-refractivity contribution in [1.29, 1.82) is 0 Å². The van der Waals surface area contributed by atoms with Gasteiger partial charge < -0.3 is 9.47 Å². The highest BCUT2D eigenvalue weighted by atomic mass is 79.9. The van der Waals surface area contributed by atoms with Crippen LogP contribution in [0.15, 0.2) is 22.7 Å². The van der Waals surface area contributed by atoms with Crippen LogP contribution < -0.4 is 16.0 Å².